The van der Waals surface area contributed by atoms with Crippen molar-refractivity contribution in [2.24, 2.45) is 11.5 Å². The number of hydrogen-bond donors (Lipinski definition) is 5. The molecule has 1 aliphatic rings. The van der Waals surface area contributed by atoms with E-state index in [0.29, 0.717) is 6.42 Å². The molecule has 1 fully saturated rings. The molecule has 0 aromatic rings. The predicted octanol–water partition coefficient (Wildman–Crippen LogP) is -2.45. The van der Waals surface area contributed by atoms with E-state index in [0.717, 1.165) is 0 Å². The molecule has 7 N–H and O–H groups in total. The first-order valence-corrected chi connectivity index (χ1v) is 3.59. The highest BCUT2D eigenvalue weighted by Gasteiger charge is 2.39. The SMILES string of the molecule is Cl.NC1CC(N)C(O)C(O)C1O. The molecule has 5 nitrogen and oxygen atoms in total. The highest BCUT2D eigenvalue weighted by atomic mass is 35.5. The van der Waals surface area contributed by atoms with Gasteiger partial charge in [-0.25, -0.2) is 0 Å². The molecule has 0 saturated heterocycles. The van der Waals surface area contributed by atoms with E-state index in [2.05, 4.69) is 0 Å². The molecule has 0 aromatic carbocycles. The molecule has 74 valence electrons. The lowest BCUT2D eigenvalue weighted by Gasteiger charge is -2.37. The Balaban J connectivity index is 0.00000121. The van der Waals surface area contributed by atoms with E-state index in [1.165, 1.54) is 0 Å². The van der Waals surface area contributed by atoms with Crippen molar-refractivity contribution in [2.75, 3.05) is 0 Å². The van der Waals surface area contributed by atoms with Crippen LogP contribution in [0, 0.1) is 0 Å². The van der Waals surface area contributed by atoms with Gasteiger partial charge in [0.05, 0.1) is 12.2 Å². The van der Waals surface area contributed by atoms with Crippen molar-refractivity contribution in [3.63, 3.8) is 0 Å². The maximum atomic E-state index is 9.14. The normalized spacial score (nSPS) is 48.2. The monoisotopic (exact) mass is 198 g/mol. The van der Waals surface area contributed by atoms with E-state index in [9.17, 15) is 0 Å². The number of hydrogen-bond acceptors (Lipinski definition) is 5. The van der Waals surface area contributed by atoms with Crippen LogP contribution in [0.2, 0.25) is 0 Å². The average Bonchev–Trinajstić information content (AvgIpc) is 1.97. The third-order valence-corrected chi connectivity index (χ3v) is 2.12. The fourth-order valence-corrected chi connectivity index (χ4v) is 1.30. The van der Waals surface area contributed by atoms with Gasteiger partial charge in [-0.05, 0) is 6.42 Å². The van der Waals surface area contributed by atoms with Crippen LogP contribution in [0.5, 0.6) is 0 Å². The highest BCUT2D eigenvalue weighted by molar-refractivity contribution is 5.85. The number of halogens is 1. The van der Waals surface area contributed by atoms with Gasteiger partial charge in [0.25, 0.3) is 0 Å². The second-order valence-corrected chi connectivity index (χ2v) is 3.04. The maximum absolute atomic E-state index is 9.14. The average molecular weight is 199 g/mol. The molecule has 6 heteroatoms. The van der Waals surface area contributed by atoms with Crippen molar-refractivity contribution < 1.29 is 15.3 Å². The Bertz CT molecular complexity index is 135. The van der Waals surface area contributed by atoms with E-state index >= 15 is 0 Å². The zero-order valence-corrected chi connectivity index (χ0v) is 7.31. The number of aliphatic hydroxyl groups is 3. The van der Waals surface area contributed by atoms with E-state index in [1.807, 2.05) is 0 Å². The Hall–Kier alpha value is 0.0900. The van der Waals surface area contributed by atoms with Crippen molar-refractivity contribution in [1.29, 1.82) is 0 Å². The molecule has 1 aliphatic carbocycles. The summed E-state index contributed by atoms with van der Waals surface area (Å²) < 4.78 is 0. The molecule has 0 aliphatic heterocycles. The molecule has 0 spiro atoms. The summed E-state index contributed by atoms with van der Waals surface area (Å²) in [5, 5.41) is 27.4. The molecule has 1 rings (SSSR count). The van der Waals surface area contributed by atoms with Crippen molar-refractivity contribution in [3.8, 4) is 0 Å². The molecule has 4 unspecified atom stereocenters. The number of rotatable bonds is 0. The summed E-state index contributed by atoms with van der Waals surface area (Å²) in [6, 6.07) is -1.08. The fourth-order valence-electron chi connectivity index (χ4n) is 1.30. The van der Waals surface area contributed by atoms with Crippen LogP contribution in [-0.2, 0) is 0 Å². The topological polar surface area (TPSA) is 113 Å². The molecule has 1 saturated carbocycles. The molecule has 4 atom stereocenters. The molecule has 0 heterocycles. The minimum absolute atomic E-state index is 0. The first-order chi connectivity index (χ1) is 5.04. The van der Waals surface area contributed by atoms with Gasteiger partial charge in [0.1, 0.15) is 6.10 Å². The number of nitrogens with two attached hydrogens (primary N) is 2. The zero-order chi connectivity index (χ0) is 8.59. The Kier molecular flexibility index (Phi) is 4.39. The van der Waals surface area contributed by atoms with E-state index < -0.39 is 30.4 Å². The van der Waals surface area contributed by atoms with Gasteiger partial charge in [-0.15, -0.1) is 12.4 Å². The quantitative estimate of drug-likeness (QED) is 0.297. The summed E-state index contributed by atoms with van der Waals surface area (Å²) in [4.78, 5) is 0. The van der Waals surface area contributed by atoms with Gasteiger partial charge in [-0.3, -0.25) is 0 Å². The minimum atomic E-state index is -1.21. The van der Waals surface area contributed by atoms with E-state index in [-0.39, 0.29) is 12.4 Å². The molecule has 12 heavy (non-hydrogen) atoms. The largest absolute Gasteiger partial charge is 0.389 e. The lowest BCUT2D eigenvalue weighted by atomic mass is 9.85. The minimum Gasteiger partial charge on any atom is -0.389 e. The second kappa shape index (κ2) is 4.36. The lowest BCUT2D eigenvalue weighted by Crippen LogP contribution is -2.61. The van der Waals surface area contributed by atoms with Crippen LogP contribution in [0.3, 0.4) is 0 Å². The van der Waals surface area contributed by atoms with Crippen LogP contribution in [0.4, 0.5) is 0 Å². The maximum Gasteiger partial charge on any atom is 0.109 e. The zero-order valence-electron chi connectivity index (χ0n) is 6.50. The van der Waals surface area contributed by atoms with Crippen molar-refractivity contribution in [2.45, 2.75) is 36.8 Å². The number of aliphatic hydroxyl groups excluding tert-OH is 3. The Morgan fingerprint density at radius 2 is 1.17 bits per heavy atom. The van der Waals surface area contributed by atoms with Gasteiger partial charge in [0.15, 0.2) is 0 Å². The molecule has 0 aromatic heterocycles. The van der Waals surface area contributed by atoms with Crippen molar-refractivity contribution in [1.82, 2.24) is 0 Å². The lowest BCUT2D eigenvalue weighted by molar-refractivity contribution is -0.100. The fraction of sp³-hybridized carbons (Fsp3) is 1.00. The first-order valence-electron chi connectivity index (χ1n) is 3.59. The summed E-state index contributed by atoms with van der Waals surface area (Å²) in [7, 11) is 0. The van der Waals surface area contributed by atoms with Crippen LogP contribution in [0.1, 0.15) is 6.42 Å². The molecular weight excluding hydrogens is 184 g/mol. The van der Waals surface area contributed by atoms with Crippen molar-refractivity contribution in [3.05, 3.63) is 0 Å². The van der Waals surface area contributed by atoms with Gasteiger partial charge in [-0.2, -0.15) is 0 Å². The van der Waals surface area contributed by atoms with E-state index in [1.54, 1.807) is 0 Å². The Labute approximate surface area is 76.8 Å². The first kappa shape index (κ1) is 12.1. The smallest absolute Gasteiger partial charge is 0.109 e. The summed E-state index contributed by atoms with van der Waals surface area (Å²) >= 11 is 0. The molecular formula is C6H15ClN2O3. The second-order valence-electron chi connectivity index (χ2n) is 3.04. The van der Waals surface area contributed by atoms with Gasteiger partial charge >= 0.3 is 0 Å². The van der Waals surface area contributed by atoms with Crippen LogP contribution in [0.25, 0.3) is 0 Å². The third-order valence-electron chi connectivity index (χ3n) is 2.12. The standard InChI is InChI=1S/C6H14N2O3.ClH/c7-2-1-3(8)5(10)6(11)4(2)9;/h2-6,9-11H,1,7-8H2;1H. The van der Waals surface area contributed by atoms with Gasteiger partial charge in [0.2, 0.25) is 0 Å². The summed E-state index contributed by atoms with van der Waals surface area (Å²) in [5.74, 6) is 0. The van der Waals surface area contributed by atoms with Crippen molar-refractivity contribution >= 4 is 12.4 Å². The predicted molar refractivity (Wildman–Crippen MR) is 45.8 cm³/mol. The van der Waals surface area contributed by atoms with Gasteiger partial charge in [-0.1, -0.05) is 0 Å². The third kappa shape index (κ3) is 2.07. The van der Waals surface area contributed by atoms with Gasteiger partial charge < -0.3 is 26.8 Å². The summed E-state index contributed by atoms with van der Waals surface area (Å²) in [6.45, 7) is 0. The highest BCUT2D eigenvalue weighted by Crippen LogP contribution is 2.17. The molecule has 0 amide bonds. The molecule has 0 bridgehead atoms. The van der Waals surface area contributed by atoms with Gasteiger partial charge in [0, 0.05) is 12.1 Å². The summed E-state index contributed by atoms with van der Waals surface area (Å²) in [5.41, 5.74) is 10.8. The van der Waals surface area contributed by atoms with Crippen LogP contribution in [0.15, 0.2) is 0 Å². The Morgan fingerprint density at radius 3 is 1.50 bits per heavy atom. The van der Waals surface area contributed by atoms with E-state index in [4.69, 9.17) is 26.8 Å². The van der Waals surface area contributed by atoms with Crippen LogP contribution < -0.4 is 11.5 Å². The van der Waals surface area contributed by atoms with Crippen LogP contribution >= 0.6 is 12.4 Å². The van der Waals surface area contributed by atoms with Crippen LogP contribution in [-0.4, -0.2) is 45.7 Å². The summed E-state index contributed by atoms with van der Waals surface area (Å²) in [6.07, 6.45) is -3.01. The molecule has 0 radical (unpaired) electrons. The Morgan fingerprint density at radius 1 is 0.833 bits per heavy atom.